The first-order valence-electron chi connectivity index (χ1n) is 8.66. The van der Waals surface area contributed by atoms with Gasteiger partial charge in [0.05, 0.1) is 6.04 Å². The molecule has 0 unspecified atom stereocenters. The third-order valence-electron chi connectivity index (χ3n) is 5.05. The molecule has 0 amide bonds. The van der Waals surface area contributed by atoms with E-state index in [-0.39, 0.29) is 11.7 Å². The predicted octanol–water partition coefficient (Wildman–Crippen LogP) is 4.35. The van der Waals surface area contributed by atoms with Gasteiger partial charge in [0.1, 0.15) is 5.82 Å². The van der Waals surface area contributed by atoms with Gasteiger partial charge in [-0.3, -0.25) is 0 Å². The molecule has 0 saturated carbocycles. The minimum Gasteiger partial charge on any atom is -0.347 e. The second kappa shape index (κ2) is 5.79. The molecule has 8 heteroatoms. The highest BCUT2D eigenvalue weighted by Crippen LogP contribution is 2.46. The number of rotatable bonds is 2. The summed E-state index contributed by atoms with van der Waals surface area (Å²) in [7, 11) is 1.83. The Morgan fingerprint density at radius 1 is 0.857 bits per heavy atom. The molecule has 4 aromatic rings. The Bertz CT molecular complexity index is 1150. The Balaban J connectivity index is 1.65. The van der Waals surface area contributed by atoms with Crippen molar-refractivity contribution < 1.29 is 13.2 Å². The Labute approximate surface area is 158 Å². The molecule has 0 atom stereocenters. The fourth-order valence-corrected chi connectivity index (χ4v) is 3.82. The average molecular weight is 381 g/mol. The number of alkyl halides is 3. The van der Waals surface area contributed by atoms with Crippen LogP contribution in [0.3, 0.4) is 0 Å². The molecule has 0 bridgehead atoms. The fourth-order valence-electron chi connectivity index (χ4n) is 3.82. The molecule has 5 nitrogen and oxygen atoms in total. The molecule has 1 aliphatic rings. The third-order valence-corrected chi connectivity index (χ3v) is 5.05. The Morgan fingerprint density at radius 3 is 2.07 bits per heavy atom. The zero-order chi connectivity index (χ0) is 19.5. The van der Waals surface area contributed by atoms with E-state index in [9.17, 15) is 13.2 Å². The van der Waals surface area contributed by atoms with E-state index in [1.807, 2.05) is 48.3 Å². The zero-order valence-corrected chi connectivity index (χ0v) is 14.7. The van der Waals surface area contributed by atoms with Crippen LogP contribution in [0.25, 0.3) is 16.8 Å². The van der Waals surface area contributed by atoms with Gasteiger partial charge in [0.2, 0.25) is 0 Å². The molecule has 0 saturated heterocycles. The lowest BCUT2D eigenvalue weighted by Gasteiger charge is -2.27. The van der Waals surface area contributed by atoms with Crippen molar-refractivity contribution in [1.82, 2.24) is 19.8 Å². The summed E-state index contributed by atoms with van der Waals surface area (Å²) in [5, 5.41) is 11.0. The Hall–Kier alpha value is -3.42. The van der Waals surface area contributed by atoms with Crippen LogP contribution in [0.2, 0.25) is 0 Å². The minimum atomic E-state index is -4.63. The van der Waals surface area contributed by atoms with E-state index in [2.05, 4.69) is 27.4 Å². The first kappa shape index (κ1) is 16.7. The van der Waals surface area contributed by atoms with Crippen LogP contribution >= 0.6 is 0 Å². The van der Waals surface area contributed by atoms with Crippen molar-refractivity contribution in [2.75, 3.05) is 11.9 Å². The van der Waals surface area contributed by atoms with Crippen molar-refractivity contribution in [2.45, 2.75) is 12.2 Å². The number of benzene rings is 2. The van der Waals surface area contributed by atoms with Crippen molar-refractivity contribution >= 4 is 11.5 Å². The van der Waals surface area contributed by atoms with Crippen LogP contribution in [0.4, 0.5) is 19.0 Å². The van der Waals surface area contributed by atoms with Crippen LogP contribution in [0.15, 0.2) is 60.7 Å². The van der Waals surface area contributed by atoms with Crippen molar-refractivity contribution in [3.63, 3.8) is 0 Å². The van der Waals surface area contributed by atoms with E-state index in [4.69, 9.17) is 0 Å². The van der Waals surface area contributed by atoms with Gasteiger partial charge in [-0.25, -0.2) is 0 Å². The first-order valence-corrected chi connectivity index (χ1v) is 8.66. The lowest BCUT2D eigenvalue weighted by Crippen LogP contribution is -2.25. The number of fused-ring (bicyclic) bond motifs is 4. The largest absolute Gasteiger partial charge is 0.453 e. The lowest BCUT2D eigenvalue weighted by atomic mass is 10.0. The van der Waals surface area contributed by atoms with Crippen LogP contribution < -0.4 is 4.90 Å². The highest BCUT2D eigenvalue weighted by Gasteiger charge is 2.38. The van der Waals surface area contributed by atoms with Crippen molar-refractivity contribution in [1.29, 1.82) is 0 Å². The number of nitrogens with zero attached hydrogens (tertiary/aromatic N) is 5. The maximum Gasteiger partial charge on any atom is 0.453 e. The molecule has 0 radical (unpaired) electrons. The number of aromatic nitrogens is 4. The summed E-state index contributed by atoms with van der Waals surface area (Å²) >= 11 is 0. The molecule has 140 valence electrons. The molecule has 0 spiro atoms. The molecular weight excluding hydrogens is 367 g/mol. The average Bonchev–Trinajstić information content (AvgIpc) is 3.26. The van der Waals surface area contributed by atoms with E-state index in [1.165, 1.54) is 6.07 Å². The highest BCUT2D eigenvalue weighted by atomic mass is 19.4. The fraction of sp³-hybridized carbons (Fsp3) is 0.150. The number of halogens is 3. The van der Waals surface area contributed by atoms with Crippen molar-refractivity contribution in [3.05, 3.63) is 77.6 Å². The van der Waals surface area contributed by atoms with Crippen molar-refractivity contribution in [2.24, 2.45) is 0 Å². The van der Waals surface area contributed by atoms with Gasteiger partial charge in [0.15, 0.2) is 5.65 Å². The third kappa shape index (κ3) is 2.37. The van der Waals surface area contributed by atoms with Crippen LogP contribution in [0.1, 0.15) is 23.0 Å². The summed E-state index contributed by atoms with van der Waals surface area (Å²) in [5.41, 5.74) is 4.48. The van der Waals surface area contributed by atoms with Gasteiger partial charge in [-0.15, -0.1) is 15.3 Å². The molecule has 0 aliphatic heterocycles. The molecule has 28 heavy (non-hydrogen) atoms. The summed E-state index contributed by atoms with van der Waals surface area (Å²) < 4.78 is 40.4. The van der Waals surface area contributed by atoms with Crippen LogP contribution in [0, 0.1) is 0 Å². The molecule has 2 aromatic carbocycles. The molecular formula is C20H14F3N5. The summed E-state index contributed by atoms with van der Waals surface area (Å²) in [6, 6.07) is 19.1. The first-order chi connectivity index (χ1) is 13.4. The van der Waals surface area contributed by atoms with Gasteiger partial charge in [0.25, 0.3) is 5.82 Å². The summed E-state index contributed by atoms with van der Waals surface area (Å²) in [6.45, 7) is 0. The SMILES string of the molecule is CN(c1ccc2nnc(C(F)(F)F)n2n1)C1c2ccccc2-c2ccccc21. The van der Waals surface area contributed by atoms with Gasteiger partial charge in [-0.05, 0) is 34.4 Å². The number of hydrogen-bond donors (Lipinski definition) is 0. The molecule has 2 heterocycles. The second-order valence-electron chi connectivity index (χ2n) is 6.67. The van der Waals surface area contributed by atoms with Gasteiger partial charge < -0.3 is 4.90 Å². The maximum atomic E-state index is 13.2. The summed E-state index contributed by atoms with van der Waals surface area (Å²) in [4.78, 5) is 1.88. The summed E-state index contributed by atoms with van der Waals surface area (Å²) in [6.07, 6.45) is -4.63. The van der Waals surface area contributed by atoms with Crippen LogP contribution in [-0.2, 0) is 6.18 Å². The quantitative estimate of drug-likeness (QED) is 0.518. The number of anilines is 1. The monoisotopic (exact) mass is 381 g/mol. The van der Waals surface area contributed by atoms with Gasteiger partial charge >= 0.3 is 6.18 Å². The van der Waals surface area contributed by atoms with Gasteiger partial charge in [-0.2, -0.15) is 17.7 Å². The Morgan fingerprint density at radius 2 is 1.46 bits per heavy atom. The van der Waals surface area contributed by atoms with Gasteiger partial charge in [-0.1, -0.05) is 48.5 Å². The van der Waals surface area contributed by atoms with Gasteiger partial charge in [0, 0.05) is 7.05 Å². The van der Waals surface area contributed by atoms with Crippen LogP contribution in [-0.4, -0.2) is 26.9 Å². The molecule has 0 N–H and O–H groups in total. The van der Waals surface area contributed by atoms with E-state index < -0.39 is 12.0 Å². The zero-order valence-electron chi connectivity index (χ0n) is 14.7. The number of hydrogen-bond acceptors (Lipinski definition) is 4. The van der Waals surface area contributed by atoms with Crippen LogP contribution in [0.5, 0.6) is 0 Å². The van der Waals surface area contributed by atoms with E-state index in [0.29, 0.717) is 5.82 Å². The van der Waals surface area contributed by atoms with E-state index in [0.717, 1.165) is 26.8 Å². The lowest BCUT2D eigenvalue weighted by molar-refractivity contribution is -0.146. The predicted molar refractivity (Wildman–Crippen MR) is 97.9 cm³/mol. The molecule has 5 rings (SSSR count). The second-order valence-corrected chi connectivity index (χ2v) is 6.67. The molecule has 0 fully saturated rings. The standard InChI is InChI=1S/C20H14F3N5/c1-27(17-11-10-16-24-25-19(20(21,22)23)28(16)26-17)18-14-8-4-2-6-12(14)13-7-3-5-9-15(13)18/h2-11,18H,1H3. The molecule has 2 aromatic heterocycles. The Kier molecular flexibility index (Phi) is 3.46. The molecule has 1 aliphatic carbocycles. The summed E-state index contributed by atoms with van der Waals surface area (Å²) in [5.74, 6) is -0.737. The normalized spacial score (nSPS) is 13.6. The highest BCUT2D eigenvalue weighted by molar-refractivity contribution is 5.80. The van der Waals surface area contributed by atoms with Crippen molar-refractivity contribution in [3.8, 4) is 11.1 Å². The minimum absolute atomic E-state index is 0.0525. The topological polar surface area (TPSA) is 46.3 Å². The maximum absolute atomic E-state index is 13.2. The van der Waals surface area contributed by atoms with E-state index >= 15 is 0 Å². The van der Waals surface area contributed by atoms with E-state index in [1.54, 1.807) is 6.07 Å². The smallest absolute Gasteiger partial charge is 0.347 e.